The molecular formula is C17H15FN2. The van der Waals surface area contributed by atoms with Gasteiger partial charge < -0.3 is 0 Å². The summed E-state index contributed by atoms with van der Waals surface area (Å²) in [7, 11) is 0. The minimum Gasteiger partial charge on any atom is -0.271 e. The highest BCUT2D eigenvalue weighted by molar-refractivity contribution is 5.86. The molecule has 0 saturated heterocycles. The number of benzene rings is 3. The highest BCUT2D eigenvalue weighted by Gasteiger charge is 2.17. The molecule has 0 saturated carbocycles. The molecule has 0 fully saturated rings. The summed E-state index contributed by atoms with van der Waals surface area (Å²) >= 11 is 0. The number of hydrogen-bond donors (Lipinski definition) is 2. The second-order valence-electron chi connectivity index (χ2n) is 4.69. The fourth-order valence-electron chi connectivity index (χ4n) is 2.56. The van der Waals surface area contributed by atoms with Crippen molar-refractivity contribution in [1.82, 2.24) is 5.43 Å². The first-order chi connectivity index (χ1) is 9.81. The third-order valence-electron chi connectivity index (χ3n) is 3.52. The predicted molar refractivity (Wildman–Crippen MR) is 79.5 cm³/mol. The molecule has 3 heteroatoms. The lowest BCUT2D eigenvalue weighted by atomic mass is 9.94. The van der Waals surface area contributed by atoms with E-state index >= 15 is 0 Å². The normalized spacial score (nSPS) is 12.5. The zero-order chi connectivity index (χ0) is 13.9. The SMILES string of the molecule is NNC(c1ccccc1F)c1cccc2ccccc12. The van der Waals surface area contributed by atoms with Gasteiger partial charge in [-0.05, 0) is 22.4 Å². The van der Waals surface area contributed by atoms with Gasteiger partial charge in [-0.1, -0.05) is 60.7 Å². The summed E-state index contributed by atoms with van der Waals surface area (Å²) in [4.78, 5) is 0. The Morgan fingerprint density at radius 2 is 1.45 bits per heavy atom. The first-order valence-electron chi connectivity index (χ1n) is 6.49. The van der Waals surface area contributed by atoms with Gasteiger partial charge in [0, 0.05) is 5.56 Å². The first kappa shape index (κ1) is 12.8. The molecule has 3 N–H and O–H groups in total. The van der Waals surface area contributed by atoms with Crippen LogP contribution in [0.4, 0.5) is 4.39 Å². The minimum absolute atomic E-state index is 0.261. The lowest BCUT2D eigenvalue weighted by Gasteiger charge is -2.19. The van der Waals surface area contributed by atoms with Crippen LogP contribution >= 0.6 is 0 Å². The number of rotatable bonds is 3. The van der Waals surface area contributed by atoms with Crippen LogP contribution in [0.15, 0.2) is 66.7 Å². The summed E-state index contributed by atoms with van der Waals surface area (Å²) in [6.07, 6.45) is 0. The standard InChI is InChI=1S/C17H15FN2/c18-16-11-4-3-9-15(16)17(20-19)14-10-5-7-12-6-1-2-8-13(12)14/h1-11,17,20H,19H2. The maximum Gasteiger partial charge on any atom is 0.128 e. The highest BCUT2D eigenvalue weighted by Crippen LogP contribution is 2.29. The van der Waals surface area contributed by atoms with Crippen molar-refractivity contribution >= 4 is 10.8 Å². The van der Waals surface area contributed by atoms with E-state index in [9.17, 15) is 4.39 Å². The molecule has 0 heterocycles. The van der Waals surface area contributed by atoms with Crippen LogP contribution in [0.1, 0.15) is 17.2 Å². The van der Waals surface area contributed by atoms with Crippen LogP contribution in [0.5, 0.6) is 0 Å². The van der Waals surface area contributed by atoms with Gasteiger partial charge in [0.25, 0.3) is 0 Å². The van der Waals surface area contributed by atoms with Crippen LogP contribution in [0, 0.1) is 5.82 Å². The molecule has 0 aliphatic heterocycles. The molecule has 3 aromatic carbocycles. The van der Waals surface area contributed by atoms with E-state index in [1.54, 1.807) is 12.1 Å². The monoisotopic (exact) mass is 266 g/mol. The number of nitrogens with one attached hydrogen (secondary N) is 1. The van der Waals surface area contributed by atoms with Crippen LogP contribution < -0.4 is 11.3 Å². The lowest BCUT2D eigenvalue weighted by Crippen LogP contribution is -2.29. The van der Waals surface area contributed by atoms with E-state index < -0.39 is 0 Å². The third-order valence-corrected chi connectivity index (χ3v) is 3.52. The predicted octanol–water partition coefficient (Wildman–Crippen LogP) is 3.53. The van der Waals surface area contributed by atoms with E-state index in [-0.39, 0.29) is 11.9 Å². The fraction of sp³-hybridized carbons (Fsp3) is 0.0588. The van der Waals surface area contributed by atoms with Crippen LogP contribution in [0.25, 0.3) is 10.8 Å². The summed E-state index contributed by atoms with van der Waals surface area (Å²) in [6.45, 7) is 0. The Hall–Kier alpha value is -2.23. The molecule has 0 aliphatic carbocycles. The molecular weight excluding hydrogens is 251 g/mol. The topological polar surface area (TPSA) is 38.0 Å². The van der Waals surface area contributed by atoms with E-state index in [4.69, 9.17) is 5.84 Å². The molecule has 1 unspecified atom stereocenters. The minimum atomic E-state index is -0.373. The van der Waals surface area contributed by atoms with Crippen LogP contribution in [0.3, 0.4) is 0 Å². The Morgan fingerprint density at radius 1 is 0.800 bits per heavy atom. The number of hydrogen-bond acceptors (Lipinski definition) is 2. The molecule has 3 rings (SSSR count). The summed E-state index contributed by atoms with van der Waals surface area (Å²) in [5.41, 5.74) is 4.24. The molecule has 0 aromatic heterocycles. The van der Waals surface area contributed by atoms with E-state index in [1.807, 2.05) is 48.5 Å². The van der Waals surface area contributed by atoms with E-state index in [1.165, 1.54) is 6.07 Å². The lowest BCUT2D eigenvalue weighted by molar-refractivity contribution is 0.562. The first-order valence-corrected chi connectivity index (χ1v) is 6.49. The highest BCUT2D eigenvalue weighted by atomic mass is 19.1. The molecule has 20 heavy (non-hydrogen) atoms. The summed E-state index contributed by atoms with van der Waals surface area (Å²) in [6, 6.07) is 20.3. The summed E-state index contributed by atoms with van der Waals surface area (Å²) < 4.78 is 14.0. The zero-order valence-corrected chi connectivity index (χ0v) is 10.9. The van der Waals surface area contributed by atoms with Crippen molar-refractivity contribution in [3.05, 3.63) is 83.7 Å². The Bertz CT molecular complexity index is 734. The van der Waals surface area contributed by atoms with Gasteiger partial charge in [-0.15, -0.1) is 0 Å². The van der Waals surface area contributed by atoms with Gasteiger partial charge in [0.05, 0.1) is 6.04 Å². The maximum atomic E-state index is 14.0. The zero-order valence-electron chi connectivity index (χ0n) is 10.9. The van der Waals surface area contributed by atoms with Gasteiger partial charge in [0.1, 0.15) is 5.82 Å². The average molecular weight is 266 g/mol. The number of fused-ring (bicyclic) bond motifs is 1. The van der Waals surface area contributed by atoms with Crippen molar-refractivity contribution in [2.24, 2.45) is 5.84 Å². The number of nitrogens with two attached hydrogens (primary N) is 1. The molecule has 100 valence electrons. The van der Waals surface area contributed by atoms with Gasteiger partial charge >= 0.3 is 0 Å². The van der Waals surface area contributed by atoms with Gasteiger partial charge in [-0.2, -0.15) is 0 Å². The van der Waals surface area contributed by atoms with E-state index in [0.717, 1.165) is 16.3 Å². The van der Waals surface area contributed by atoms with Crippen LogP contribution in [-0.2, 0) is 0 Å². The molecule has 3 aromatic rings. The largest absolute Gasteiger partial charge is 0.271 e. The maximum absolute atomic E-state index is 14.0. The fourth-order valence-corrected chi connectivity index (χ4v) is 2.56. The van der Waals surface area contributed by atoms with Crippen molar-refractivity contribution in [1.29, 1.82) is 0 Å². The van der Waals surface area contributed by atoms with E-state index in [2.05, 4.69) is 5.43 Å². The van der Waals surface area contributed by atoms with Crippen molar-refractivity contribution in [3.8, 4) is 0 Å². The quantitative estimate of drug-likeness (QED) is 0.562. The summed E-state index contributed by atoms with van der Waals surface area (Å²) in [5.74, 6) is 5.42. The van der Waals surface area contributed by atoms with Gasteiger partial charge in [-0.3, -0.25) is 5.84 Å². The molecule has 2 nitrogen and oxygen atoms in total. The Labute approximate surface area is 117 Å². The van der Waals surface area contributed by atoms with Crippen LogP contribution in [-0.4, -0.2) is 0 Å². The van der Waals surface area contributed by atoms with Crippen LogP contribution in [0.2, 0.25) is 0 Å². The smallest absolute Gasteiger partial charge is 0.128 e. The molecule has 0 radical (unpaired) electrons. The van der Waals surface area contributed by atoms with Gasteiger partial charge in [0.2, 0.25) is 0 Å². The van der Waals surface area contributed by atoms with Crippen molar-refractivity contribution in [2.75, 3.05) is 0 Å². The second-order valence-corrected chi connectivity index (χ2v) is 4.69. The average Bonchev–Trinajstić information content (AvgIpc) is 2.50. The molecule has 0 bridgehead atoms. The third kappa shape index (κ3) is 2.18. The Morgan fingerprint density at radius 3 is 2.25 bits per heavy atom. The summed E-state index contributed by atoms with van der Waals surface area (Å²) in [5, 5.41) is 2.18. The Kier molecular flexibility index (Phi) is 3.46. The molecule has 1 atom stereocenters. The van der Waals surface area contributed by atoms with Gasteiger partial charge in [-0.25, -0.2) is 9.82 Å². The van der Waals surface area contributed by atoms with Gasteiger partial charge in [0.15, 0.2) is 0 Å². The van der Waals surface area contributed by atoms with Crippen molar-refractivity contribution in [3.63, 3.8) is 0 Å². The number of halogens is 1. The van der Waals surface area contributed by atoms with E-state index in [0.29, 0.717) is 5.56 Å². The molecule has 0 spiro atoms. The van der Waals surface area contributed by atoms with Crippen molar-refractivity contribution in [2.45, 2.75) is 6.04 Å². The van der Waals surface area contributed by atoms with Crippen molar-refractivity contribution < 1.29 is 4.39 Å². The second kappa shape index (κ2) is 5.41. The molecule has 0 aliphatic rings. The number of hydrazine groups is 1. The Balaban J connectivity index is 2.20. The molecule has 0 amide bonds.